The third-order valence-corrected chi connectivity index (χ3v) is 6.75. The van der Waals surface area contributed by atoms with Crippen molar-refractivity contribution in [1.29, 1.82) is 0 Å². The largest absolute Gasteiger partial charge is 0.497 e. The van der Waals surface area contributed by atoms with Gasteiger partial charge in [-0.3, -0.25) is 9.59 Å². The molecule has 3 aromatic rings. The fourth-order valence-electron chi connectivity index (χ4n) is 4.41. The lowest BCUT2D eigenvalue weighted by Gasteiger charge is -2.27. The molecule has 0 saturated carbocycles. The number of carbonyl (C=O) groups is 2. The van der Waals surface area contributed by atoms with Crippen molar-refractivity contribution >= 4 is 34.8 Å². The smallest absolute Gasteiger partial charge is 0.264 e. The molecule has 0 aliphatic carbocycles. The number of amides is 2. The van der Waals surface area contributed by atoms with E-state index in [2.05, 4.69) is 5.32 Å². The quantitative estimate of drug-likeness (QED) is 0.348. The minimum atomic E-state index is -1.78. The average molecular weight is 521 g/mol. The maximum absolute atomic E-state index is 13.6. The van der Waals surface area contributed by atoms with Gasteiger partial charge in [0, 0.05) is 34.4 Å². The molecule has 0 radical (unpaired) electrons. The van der Waals surface area contributed by atoms with Gasteiger partial charge in [0.2, 0.25) is 0 Å². The maximum atomic E-state index is 13.6. The molecule has 0 bridgehead atoms. The molecule has 3 aromatic carbocycles. The minimum absolute atomic E-state index is 0.0132. The fraction of sp³-hybridized carbons (Fsp3) is 0.241. The Hall–Kier alpha value is -3.65. The number of nitrogens with one attached hydrogen (secondary N) is 1. The molecule has 1 aliphatic heterocycles. The molecule has 0 fully saturated rings. The molecule has 7 nitrogen and oxygen atoms in total. The second-order valence-corrected chi connectivity index (χ2v) is 9.36. The SMILES string of the molecule is COc1ccc(C(=O)Nc2ccc(CN3C(=O)[C@@](O)([C@@H](C)/C=C/CCO)c4cc(Cl)ccc43)cc2)cc1. The van der Waals surface area contributed by atoms with E-state index in [0.717, 1.165) is 5.56 Å². The number of nitrogens with zero attached hydrogens (tertiary/aromatic N) is 1. The third kappa shape index (κ3) is 5.39. The van der Waals surface area contributed by atoms with Crippen LogP contribution in [0.3, 0.4) is 0 Å². The summed E-state index contributed by atoms with van der Waals surface area (Å²) in [5.74, 6) is -0.556. The van der Waals surface area contributed by atoms with Crippen LogP contribution in [0.4, 0.5) is 11.4 Å². The van der Waals surface area contributed by atoms with Crippen LogP contribution in [0.25, 0.3) is 0 Å². The Kier molecular flexibility index (Phi) is 7.97. The van der Waals surface area contributed by atoms with Crippen molar-refractivity contribution < 1.29 is 24.5 Å². The van der Waals surface area contributed by atoms with E-state index < -0.39 is 17.4 Å². The van der Waals surface area contributed by atoms with E-state index in [-0.39, 0.29) is 19.1 Å². The molecule has 0 spiro atoms. The van der Waals surface area contributed by atoms with Gasteiger partial charge in [0.15, 0.2) is 5.60 Å². The fourth-order valence-corrected chi connectivity index (χ4v) is 4.58. The zero-order chi connectivity index (χ0) is 26.6. The Morgan fingerprint density at radius 2 is 1.84 bits per heavy atom. The number of halogens is 1. The van der Waals surface area contributed by atoms with Crippen LogP contribution in [-0.4, -0.2) is 35.7 Å². The van der Waals surface area contributed by atoms with E-state index in [9.17, 15) is 14.7 Å². The first-order chi connectivity index (χ1) is 17.8. The minimum Gasteiger partial charge on any atom is -0.497 e. The summed E-state index contributed by atoms with van der Waals surface area (Å²) in [5, 5.41) is 24.0. The van der Waals surface area contributed by atoms with E-state index in [1.807, 2.05) is 12.1 Å². The molecule has 3 N–H and O–H groups in total. The molecule has 37 heavy (non-hydrogen) atoms. The molecule has 0 saturated heterocycles. The van der Waals surface area contributed by atoms with Gasteiger partial charge < -0.3 is 25.2 Å². The van der Waals surface area contributed by atoms with Gasteiger partial charge in [0.1, 0.15) is 5.75 Å². The number of rotatable bonds is 9. The van der Waals surface area contributed by atoms with Gasteiger partial charge in [-0.1, -0.05) is 42.8 Å². The van der Waals surface area contributed by atoms with Crippen LogP contribution >= 0.6 is 11.6 Å². The summed E-state index contributed by atoms with van der Waals surface area (Å²) in [4.78, 5) is 27.7. The monoisotopic (exact) mass is 520 g/mol. The second-order valence-electron chi connectivity index (χ2n) is 8.93. The lowest BCUT2D eigenvalue weighted by atomic mass is 9.83. The highest BCUT2D eigenvalue weighted by Gasteiger charge is 2.52. The Balaban J connectivity index is 1.52. The summed E-state index contributed by atoms with van der Waals surface area (Å²) < 4.78 is 5.12. The molecule has 0 aromatic heterocycles. The van der Waals surface area contributed by atoms with E-state index in [0.29, 0.717) is 39.7 Å². The molecule has 8 heteroatoms. The van der Waals surface area contributed by atoms with Crippen molar-refractivity contribution in [2.75, 3.05) is 23.9 Å². The normalized spacial score (nSPS) is 17.6. The molecule has 192 valence electrons. The number of aliphatic hydroxyl groups is 2. The van der Waals surface area contributed by atoms with Crippen LogP contribution < -0.4 is 15.0 Å². The van der Waals surface area contributed by atoms with Crippen LogP contribution in [-0.2, 0) is 16.9 Å². The van der Waals surface area contributed by atoms with E-state index >= 15 is 0 Å². The van der Waals surface area contributed by atoms with Crippen LogP contribution in [0.15, 0.2) is 78.9 Å². The summed E-state index contributed by atoms with van der Waals surface area (Å²) in [5.41, 5.74) is 1.21. The number of hydrogen-bond donors (Lipinski definition) is 3. The van der Waals surface area contributed by atoms with Crippen molar-refractivity contribution in [3.63, 3.8) is 0 Å². The second kappa shape index (κ2) is 11.2. The van der Waals surface area contributed by atoms with Gasteiger partial charge in [-0.15, -0.1) is 0 Å². The standard InChI is InChI=1S/C29H29ClN2O5/c1-19(5-3-4-16-33)29(36)25-17-22(30)10-15-26(25)32(28(29)35)18-20-6-11-23(12-7-20)31-27(34)21-8-13-24(37-2)14-9-21/h3,5-15,17,19,33,36H,4,16,18H2,1-2H3,(H,31,34)/b5-3+/t19-,29+/m0/s1. The van der Waals surface area contributed by atoms with Crippen LogP contribution in [0, 0.1) is 5.92 Å². The Morgan fingerprint density at radius 1 is 1.14 bits per heavy atom. The van der Waals surface area contributed by atoms with E-state index in [1.165, 1.54) is 0 Å². The lowest BCUT2D eigenvalue weighted by molar-refractivity contribution is -0.139. The molecule has 2 atom stereocenters. The Labute approximate surface area is 221 Å². The van der Waals surface area contributed by atoms with Gasteiger partial charge >= 0.3 is 0 Å². The molecule has 0 unspecified atom stereocenters. The van der Waals surface area contributed by atoms with Crippen LogP contribution in [0.5, 0.6) is 5.75 Å². The van der Waals surface area contributed by atoms with Gasteiger partial charge in [-0.2, -0.15) is 0 Å². The summed E-state index contributed by atoms with van der Waals surface area (Å²) in [7, 11) is 1.57. The van der Waals surface area contributed by atoms with Crippen molar-refractivity contribution in [3.05, 3.63) is 101 Å². The van der Waals surface area contributed by atoms with Crippen molar-refractivity contribution in [2.45, 2.75) is 25.5 Å². The number of fused-ring (bicyclic) bond motifs is 1. The van der Waals surface area contributed by atoms with Gasteiger partial charge in [0.05, 0.1) is 19.3 Å². The number of hydrogen-bond acceptors (Lipinski definition) is 5. The van der Waals surface area contributed by atoms with Crippen molar-refractivity contribution in [2.24, 2.45) is 5.92 Å². The van der Waals surface area contributed by atoms with Gasteiger partial charge in [-0.05, 0) is 66.6 Å². The number of methoxy groups -OCH3 is 1. The first-order valence-corrected chi connectivity index (χ1v) is 12.3. The third-order valence-electron chi connectivity index (χ3n) is 6.52. The Morgan fingerprint density at radius 3 is 2.49 bits per heavy atom. The average Bonchev–Trinajstić information content (AvgIpc) is 3.12. The van der Waals surface area contributed by atoms with Crippen molar-refractivity contribution in [1.82, 2.24) is 0 Å². The Bertz CT molecular complexity index is 1310. The highest BCUT2D eigenvalue weighted by Crippen LogP contribution is 2.46. The first kappa shape index (κ1) is 26.4. The van der Waals surface area contributed by atoms with Gasteiger partial charge in [-0.25, -0.2) is 0 Å². The lowest BCUT2D eigenvalue weighted by Crippen LogP contribution is -2.44. The number of benzene rings is 3. The summed E-state index contributed by atoms with van der Waals surface area (Å²) in [6.45, 7) is 1.98. The molecule has 2 amide bonds. The number of carbonyl (C=O) groups excluding carboxylic acids is 2. The topological polar surface area (TPSA) is 99.1 Å². The predicted molar refractivity (Wildman–Crippen MR) is 144 cm³/mol. The summed E-state index contributed by atoms with van der Waals surface area (Å²) >= 11 is 6.22. The zero-order valence-corrected chi connectivity index (χ0v) is 21.4. The van der Waals surface area contributed by atoms with E-state index in [1.54, 1.807) is 85.7 Å². The predicted octanol–water partition coefficient (Wildman–Crippen LogP) is 4.91. The molecule has 4 rings (SSSR count). The van der Waals surface area contributed by atoms with Crippen LogP contribution in [0.1, 0.15) is 34.8 Å². The van der Waals surface area contributed by atoms with Crippen LogP contribution in [0.2, 0.25) is 5.02 Å². The zero-order valence-electron chi connectivity index (χ0n) is 20.6. The first-order valence-electron chi connectivity index (χ1n) is 11.9. The van der Waals surface area contributed by atoms with Crippen molar-refractivity contribution in [3.8, 4) is 5.75 Å². The highest BCUT2D eigenvalue weighted by atomic mass is 35.5. The molecule has 1 aliphatic rings. The summed E-state index contributed by atoms with van der Waals surface area (Å²) in [6, 6.07) is 19.1. The molecule has 1 heterocycles. The van der Waals surface area contributed by atoms with Gasteiger partial charge in [0.25, 0.3) is 11.8 Å². The summed E-state index contributed by atoms with van der Waals surface area (Å²) in [6.07, 6.45) is 3.92. The highest BCUT2D eigenvalue weighted by molar-refractivity contribution is 6.31. The molecular weight excluding hydrogens is 492 g/mol. The number of ether oxygens (including phenoxy) is 1. The number of anilines is 2. The number of aliphatic hydroxyl groups excluding tert-OH is 1. The maximum Gasteiger partial charge on any atom is 0.264 e. The molecular formula is C29H29ClN2O5. The van der Waals surface area contributed by atoms with E-state index in [4.69, 9.17) is 21.4 Å².